The Hall–Kier alpha value is -1.29. The summed E-state index contributed by atoms with van der Waals surface area (Å²) in [7, 11) is 0. The van der Waals surface area contributed by atoms with Crippen molar-refractivity contribution in [2.75, 3.05) is 5.73 Å². The van der Waals surface area contributed by atoms with Crippen LogP contribution in [0.3, 0.4) is 0 Å². The average molecular weight is 241 g/mol. The van der Waals surface area contributed by atoms with Crippen LogP contribution in [0.2, 0.25) is 5.15 Å². The molecule has 0 atom stereocenters. The van der Waals surface area contributed by atoms with Gasteiger partial charge in [-0.25, -0.2) is 4.98 Å². The number of nitrogen functional groups attached to an aromatic ring is 1. The quantitative estimate of drug-likeness (QED) is 0.780. The summed E-state index contributed by atoms with van der Waals surface area (Å²) >= 11 is 5.83. The van der Waals surface area contributed by atoms with Gasteiger partial charge in [0.1, 0.15) is 11.0 Å². The Balaban J connectivity index is 0.000000606. The van der Waals surface area contributed by atoms with Crippen molar-refractivity contribution in [1.82, 2.24) is 14.6 Å². The molecule has 88 valence electrons. The Labute approximate surface area is 100 Å². The Morgan fingerprint density at radius 1 is 1.38 bits per heavy atom. The first-order valence-corrected chi connectivity index (χ1v) is 5.77. The predicted molar refractivity (Wildman–Crippen MR) is 67.8 cm³/mol. The molecule has 0 fully saturated rings. The van der Waals surface area contributed by atoms with Crippen molar-refractivity contribution in [3.05, 3.63) is 23.0 Å². The fourth-order valence-corrected chi connectivity index (χ4v) is 1.57. The molecule has 0 radical (unpaired) electrons. The minimum atomic E-state index is 0.359. The van der Waals surface area contributed by atoms with Gasteiger partial charge in [-0.1, -0.05) is 39.3 Å². The zero-order valence-corrected chi connectivity index (χ0v) is 10.8. The number of nitrogens with two attached hydrogens (primary N) is 1. The van der Waals surface area contributed by atoms with Gasteiger partial charge in [-0.2, -0.15) is 9.61 Å². The average Bonchev–Trinajstić information content (AvgIpc) is 2.64. The van der Waals surface area contributed by atoms with E-state index in [0.717, 1.165) is 11.2 Å². The molecule has 2 rings (SSSR count). The van der Waals surface area contributed by atoms with Crippen LogP contribution in [0.15, 0.2) is 12.3 Å². The molecule has 0 aromatic carbocycles. The van der Waals surface area contributed by atoms with Crippen molar-refractivity contribution in [3.63, 3.8) is 0 Å². The molecule has 2 aromatic rings. The van der Waals surface area contributed by atoms with Crippen molar-refractivity contribution in [2.24, 2.45) is 0 Å². The topological polar surface area (TPSA) is 56.2 Å². The Kier molecular flexibility index (Phi) is 4.12. The molecule has 0 aliphatic rings. The van der Waals surface area contributed by atoms with Gasteiger partial charge in [-0.05, 0) is 5.92 Å². The molecule has 0 unspecified atom stereocenters. The molecular weight excluding hydrogens is 224 g/mol. The van der Waals surface area contributed by atoms with Crippen LogP contribution >= 0.6 is 11.6 Å². The highest BCUT2D eigenvalue weighted by Crippen LogP contribution is 2.22. The van der Waals surface area contributed by atoms with Crippen LogP contribution in [0, 0.1) is 0 Å². The third kappa shape index (κ3) is 2.27. The number of halogens is 1. The van der Waals surface area contributed by atoms with Crippen LogP contribution in [-0.2, 0) is 0 Å². The second kappa shape index (κ2) is 5.16. The maximum atomic E-state index is 5.83. The summed E-state index contributed by atoms with van der Waals surface area (Å²) in [6.07, 6.45) is 1.78. The lowest BCUT2D eigenvalue weighted by atomic mass is 10.1. The van der Waals surface area contributed by atoms with Crippen LogP contribution in [0.1, 0.15) is 39.2 Å². The van der Waals surface area contributed by atoms with Crippen molar-refractivity contribution in [3.8, 4) is 0 Å². The van der Waals surface area contributed by atoms with E-state index in [1.165, 1.54) is 0 Å². The molecular formula is C11H17ClN4. The molecule has 0 spiro atoms. The fourth-order valence-electron chi connectivity index (χ4n) is 1.38. The molecule has 0 saturated heterocycles. The summed E-state index contributed by atoms with van der Waals surface area (Å²) in [6.45, 7) is 8.16. The highest BCUT2D eigenvalue weighted by atomic mass is 35.5. The third-order valence-electron chi connectivity index (χ3n) is 2.12. The fraction of sp³-hybridized carbons (Fsp3) is 0.455. The molecule has 2 heterocycles. The smallest absolute Gasteiger partial charge is 0.162 e. The minimum absolute atomic E-state index is 0.359. The zero-order chi connectivity index (χ0) is 12.3. The molecule has 0 bridgehead atoms. The second-order valence-corrected chi connectivity index (χ2v) is 3.88. The van der Waals surface area contributed by atoms with Gasteiger partial charge in [0, 0.05) is 11.6 Å². The van der Waals surface area contributed by atoms with Crippen LogP contribution in [0.25, 0.3) is 5.65 Å². The normalized spacial score (nSPS) is 10.4. The lowest BCUT2D eigenvalue weighted by Gasteiger charge is -2.03. The van der Waals surface area contributed by atoms with E-state index in [2.05, 4.69) is 23.9 Å². The summed E-state index contributed by atoms with van der Waals surface area (Å²) < 4.78 is 1.60. The van der Waals surface area contributed by atoms with E-state index in [-0.39, 0.29) is 0 Å². The summed E-state index contributed by atoms with van der Waals surface area (Å²) in [5.74, 6) is 0.866. The lowest BCUT2D eigenvalue weighted by molar-refractivity contribution is 0.872. The molecule has 2 N–H and O–H groups in total. The second-order valence-electron chi connectivity index (χ2n) is 3.49. The number of hydrogen-bond acceptors (Lipinski definition) is 3. The number of hydrogen-bond donors (Lipinski definition) is 1. The van der Waals surface area contributed by atoms with Gasteiger partial charge in [0.05, 0.1) is 6.20 Å². The van der Waals surface area contributed by atoms with Gasteiger partial charge in [-0.15, -0.1) is 0 Å². The largest absolute Gasteiger partial charge is 0.383 e. The predicted octanol–water partition coefficient (Wildman–Crippen LogP) is 3.11. The first kappa shape index (κ1) is 12.8. The van der Waals surface area contributed by atoms with E-state index >= 15 is 0 Å². The lowest BCUT2D eigenvalue weighted by Crippen LogP contribution is -2.00. The van der Waals surface area contributed by atoms with Crippen LogP contribution in [0.4, 0.5) is 5.82 Å². The molecule has 16 heavy (non-hydrogen) atoms. The molecule has 0 amide bonds. The number of fused-ring (bicyclic) bond motifs is 1. The van der Waals surface area contributed by atoms with Crippen LogP contribution in [0.5, 0.6) is 0 Å². The Morgan fingerprint density at radius 2 is 2.00 bits per heavy atom. The summed E-state index contributed by atoms with van der Waals surface area (Å²) in [6, 6.07) is 1.59. The maximum Gasteiger partial charge on any atom is 0.162 e. The molecule has 0 aliphatic carbocycles. The molecule has 0 aliphatic heterocycles. The van der Waals surface area contributed by atoms with E-state index in [1.807, 2.05) is 13.8 Å². The highest BCUT2D eigenvalue weighted by molar-refractivity contribution is 6.29. The van der Waals surface area contributed by atoms with Crippen molar-refractivity contribution in [2.45, 2.75) is 33.6 Å². The highest BCUT2D eigenvalue weighted by Gasteiger charge is 2.11. The van der Waals surface area contributed by atoms with E-state index in [9.17, 15) is 0 Å². The number of anilines is 1. The van der Waals surface area contributed by atoms with Crippen molar-refractivity contribution >= 4 is 23.1 Å². The van der Waals surface area contributed by atoms with Crippen LogP contribution < -0.4 is 5.73 Å². The number of aromatic nitrogens is 3. The van der Waals surface area contributed by atoms with Gasteiger partial charge in [0.25, 0.3) is 0 Å². The van der Waals surface area contributed by atoms with Gasteiger partial charge in [0.15, 0.2) is 5.65 Å². The third-order valence-corrected chi connectivity index (χ3v) is 2.31. The molecule has 4 nitrogen and oxygen atoms in total. The van der Waals surface area contributed by atoms with E-state index < -0.39 is 0 Å². The first-order chi connectivity index (χ1) is 7.59. The van der Waals surface area contributed by atoms with E-state index in [1.54, 1.807) is 16.8 Å². The monoisotopic (exact) mass is 240 g/mol. The van der Waals surface area contributed by atoms with Crippen LogP contribution in [-0.4, -0.2) is 14.6 Å². The zero-order valence-electron chi connectivity index (χ0n) is 10.0. The van der Waals surface area contributed by atoms with Gasteiger partial charge >= 0.3 is 0 Å². The van der Waals surface area contributed by atoms with Gasteiger partial charge in [-0.3, -0.25) is 0 Å². The maximum absolute atomic E-state index is 5.83. The molecule has 0 saturated carbocycles. The summed E-state index contributed by atoms with van der Waals surface area (Å²) in [5, 5.41) is 4.55. The SMILES string of the molecule is CC.CC(C)c1cnn2c(N)cc(Cl)nc12. The van der Waals surface area contributed by atoms with Crippen molar-refractivity contribution < 1.29 is 0 Å². The van der Waals surface area contributed by atoms with E-state index in [4.69, 9.17) is 17.3 Å². The van der Waals surface area contributed by atoms with Crippen molar-refractivity contribution in [1.29, 1.82) is 0 Å². The van der Waals surface area contributed by atoms with E-state index in [0.29, 0.717) is 16.9 Å². The standard InChI is InChI=1S/C9H11ClN4.C2H6/c1-5(2)6-4-12-14-8(11)3-7(10)13-9(6)14;1-2/h3-5H,11H2,1-2H3;1-2H3. The number of nitrogens with zero attached hydrogens (tertiary/aromatic N) is 3. The number of rotatable bonds is 1. The minimum Gasteiger partial charge on any atom is -0.383 e. The first-order valence-electron chi connectivity index (χ1n) is 5.39. The summed E-state index contributed by atoms with van der Waals surface area (Å²) in [5.41, 5.74) is 7.54. The molecule has 5 heteroatoms. The van der Waals surface area contributed by atoms with Gasteiger partial charge in [0.2, 0.25) is 0 Å². The van der Waals surface area contributed by atoms with Gasteiger partial charge < -0.3 is 5.73 Å². The summed E-state index contributed by atoms with van der Waals surface area (Å²) in [4.78, 5) is 4.20. The Morgan fingerprint density at radius 3 is 2.56 bits per heavy atom. The molecule has 2 aromatic heterocycles. The Bertz CT molecular complexity index is 476.